The van der Waals surface area contributed by atoms with Crippen LogP contribution in [0, 0.1) is 0 Å². The summed E-state index contributed by atoms with van der Waals surface area (Å²) in [6, 6.07) is 7.66. The summed E-state index contributed by atoms with van der Waals surface area (Å²) in [4.78, 5) is 17.0. The van der Waals surface area contributed by atoms with Crippen molar-refractivity contribution in [3.05, 3.63) is 36.7 Å². The number of nitrogens with zero attached hydrogens (tertiary/aromatic N) is 2. The third-order valence-corrected chi connectivity index (χ3v) is 1.37. The van der Waals surface area contributed by atoms with Gasteiger partial charge in [0.2, 0.25) is 0 Å². The van der Waals surface area contributed by atoms with Crippen LogP contribution in [0.2, 0.25) is 0 Å². The molecule has 3 N–H and O–H groups in total. The summed E-state index contributed by atoms with van der Waals surface area (Å²) in [6.45, 7) is 0. The quantitative estimate of drug-likeness (QED) is 0.655. The van der Waals surface area contributed by atoms with Crippen LogP contribution >= 0.6 is 0 Å². The molecular weight excluding hydrogens is 182 g/mol. The van der Waals surface area contributed by atoms with Gasteiger partial charge in [0, 0.05) is 12.4 Å². The molecule has 0 atom stereocenters. The summed E-state index contributed by atoms with van der Waals surface area (Å²) in [5.74, 6) is 0. The lowest BCUT2D eigenvalue weighted by atomic mass is 10.3. The molecule has 0 spiro atoms. The molecule has 0 fully saturated rings. The largest absolute Gasteiger partial charge is 0.465 e. The first-order chi connectivity index (χ1) is 6.70. The molecule has 0 aliphatic carbocycles. The van der Waals surface area contributed by atoms with Gasteiger partial charge >= 0.3 is 6.09 Å². The summed E-state index contributed by atoms with van der Waals surface area (Å²) in [5, 5.41) is 7.19. The fraction of sp³-hybridized carbons (Fsp3) is 0. The molecule has 5 heteroatoms. The average molecular weight is 191 g/mol. The van der Waals surface area contributed by atoms with Gasteiger partial charge in [-0.15, -0.1) is 0 Å². The van der Waals surface area contributed by atoms with Crippen LogP contribution in [0.5, 0.6) is 0 Å². The van der Waals surface area contributed by atoms with Crippen LogP contribution < -0.4 is 5.73 Å². The number of amides is 1. The van der Waals surface area contributed by atoms with E-state index in [9.17, 15) is 0 Å². The van der Waals surface area contributed by atoms with Crippen molar-refractivity contribution >= 4 is 17.1 Å². The number of hydrogen-bond donors (Lipinski definition) is 2. The minimum absolute atomic E-state index is 0.949. The Balaban J connectivity index is 0.000000213. The smallest absolute Gasteiger partial charge is 0.402 e. The van der Waals surface area contributed by atoms with Crippen molar-refractivity contribution in [1.82, 2.24) is 9.97 Å². The van der Waals surface area contributed by atoms with E-state index in [1.165, 1.54) is 0 Å². The highest BCUT2D eigenvalue weighted by atomic mass is 16.4. The molecule has 2 rings (SSSR count). The molecule has 0 saturated carbocycles. The molecule has 72 valence electrons. The second kappa shape index (κ2) is 4.76. The minimum atomic E-state index is -1.33. The lowest BCUT2D eigenvalue weighted by Crippen LogP contribution is -2.03. The van der Waals surface area contributed by atoms with Crippen molar-refractivity contribution in [3.63, 3.8) is 0 Å². The van der Waals surface area contributed by atoms with E-state index in [2.05, 4.69) is 15.7 Å². The van der Waals surface area contributed by atoms with Gasteiger partial charge in [-0.05, 0) is 24.3 Å². The van der Waals surface area contributed by atoms with Crippen LogP contribution in [0.25, 0.3) is 11.0 Å². The second-order valence-corrected chi connectivity index (χ2v) is 2.38. The Morgan fingerprint density at radius 2 is 1.50 bits per heavy atom. The highest BCUT2D eigenvalue weighted by Crippen LogP contribution is 2.04. The maximum Gasteiger partial charge on any atom is 0.402 e. The summed E-state index contributed by atoms with van der Waals surface area (Å²) in [7, 11) is 0. The maximum atomic E-state index is 8.78. The predicted molar refractivity (Wildman–Crippen MR) is 51.8 cm³/mol. The van der Waals surface area contributed by atoms with E-state index in [0.717, 1.165) is 11.0 Å². The number of aromatic nitrogens is 2. The summed E-state index contributed by atoms with van der Waals surface area (Å²) in [6.07, 6.45) is 2.20. The first kappa shape index (κ1) is 9.91. The standard InChI is InChI=1S/C8H6N2.CH3NO2/c1-3-7-8(9-5-1)4-2-6-10-7;2-1(3)4/h1-6H;2H2,(H,3,4). The van der Waals surface area contributed by atoms with Gasteiger partial charge in [-0.1, -0.05) is 0 Å². The summed E-state index contributed by atoms with van der Waals surface area (Å²) >= 11 is 0. The summed E-state index contributed by atoms with van der Waals surface area (Å²) in [5.41, 5.74) is 5.93. The Morgan fingerprint density at radius 1 is 1.14 bits per heavy atom. The zero-order valence-corrected chi connectivity index (χ0v) is 7.29. The van der Waals surface area contributed by atoms with Crippen molar-refractivity contribution in [2.24, 2.45) is 5.73 Å². The van der Waals surface area contributed by atoms with E-state index in [-0.39, 0.29) is 0 Å². The van der Waals surface area contributed by atoms with Crippen LogP contribution in [0.1, 0.15) is 0 Å². The summed E-state index contributed by atoms with van der Waals surface area (Å²) < 4.78 is 0. The molecule has 0 bridgehead atoms. The van der Waals surface area contributed by atoms with Gasteiger partial charge in [-0.3, -0.25) is 9.97 Å². The molecule has 2 aromatic heterocycles. The number of carboxylic acid groups (broad SMARTS) is 1. The van der Waals surface area contributed by atoms with Gasteiger partial charge in [0.15, 0.2) is 0 Å². The van der Waals surface area contributed by atoms with Crippen LogP contribution in [-0.2, 0) is 0 Å². The van der Waals surface area contributed by atoms with E-state index >= 15 is 0 Å². The molecule has 2 heterocycles. The molecule has 0 aliphatic rings. The molecule has 0 radical (unpaired) electrons. The van der Waals surface area contributed by atoms with Gasteiger partial charge in [0.05, 0.1) is 11.0 Å². The Morgan fingerprint density at radius 3 is 1.86 bits per heavy atom. The van der Waals surface area contributed by atoms with Gasteiger partial charge in [0.1, 0.15) is 0 Å². The predicted octanol–water partition coefficient (Wildman–Crippen LogP) is 1.25. The van der Waals surface area contributed by atoms with Gasteiger partial charge in [0.25, 0.3) is 0 Å². The molecular formula is C9H9N3O2. The Hall–Kier alpha value is -2.17. The van der Waals surface area contributed by atoms with Crippen LogP contribution in [-0.4, -0.2) is 21.2 Å². The molecule has 0 aromatic carbocycles. The molecule has 0 unspecified atom stereocenters. The normalized spacial score (nSPS) is 8.86. The zero-order chi connectivity index (χ0) is 10.4. The van der Waals surface area contributed by atoms with Crippen molar-refractivity contribution in [1.29, 1.82) is 0 Å². The number of carbonyl (C=O) groups is 1. The van der Waals surface area contributed by atoms with Crippen LogP contribution in [0.15, 0.2) is 36.7 Å². The van der Waals surface area contributed by atoms with Crippen molar-refractivity contribution in [3.8, 4) is 0 Å². The number of nitrogens with two attached hydrogens (primary N) is 1. The van der Waals surface area contributed by atoms with E-state index in [4.69, 9.17) is 9.90 Å². The molecule has 2 aromatic rings. The monoisotopic (exact) mass is 191 g/mol. The zero-order valence-electron chi connectivity index (χ0n) is 7.29. The van der Waals surface area contributed by atoms with Crippen molar-refractivity contribution in [2.45, 2.75) is 0 Å². The van der Waals surface area contributed by atoms with E-state index in [0.29, 0.717) is 0 Å². The lowest BCUT2D eigenvalue weighted by Gasteiger charge is -1.90. The molecule has 5 nitrogen and oxygen atoms in total. The fourth-order valence-corrected chi connectivity index (χ4v) is 0.904. The Kier molecular flexibility index (Phi) is 3.37. The number of hydrogen-bond acceptors (Lipinski definition) is 3. The number of fused-ring (bicyclic) bond motifs is 1. The first-order valence-electron chi connectivity index (χ1n) is 3.84. The Labute approximate surface area is 80.2 Å². The lowest BCUT2D eigenvalue weighted by molar-refractivity contribution is 0.205. The second-order valence-electron chi connectivity index (χ2n) is 2.38. The number of pyridine rings is 2. The number of primary amides is 1. The highest BCUT2D eigenvalue weighted by molar-refractivity contribution is 5.72. The SMILES string of the molecule is NC(=O)O.c1cnc2cccnc2c1. The van der Waals surface area contributed by atoms with Gasteiger partial charge in [-0.25, -0.2) is 4.79 Å². The minimum Gasteiger partial charge on any atom is -0.465 e. The van der Waals surface area contributed by atoms with E-state index < -0.39 is 6.09 Å². The maximum absolute atomic E-state index is 8.78. The van der Waals surface area contributed by atoms with Gasteiger partial charge < -0.3 is 10.8 Å². The van der Waals surface area contributed by atoms with Gasteiger partial charge in [-0.2, -0.15) is 0 Å². The van der Waals surface area contributed by atoms with E-state index in [1.54, 1.807) is 12.4 Å². The average Bonchev–Trinajstić information content (AvgIpc) is 2.17. The topological polar surface area (TPSA) is 89.1 Å². The van der Waals surface area contributed by atoms with Crippen molar-refractivity contribution in [2.75, 3.05) is 0 Å². The number of rotatable bonds is 0. The third kappa shape index (κ3) is 3.06. The molecule has 1 amide bonds. The van der Waals surface area contributed by atoms with Crippen LogP contribution in [0.3, 0.4) is 0 Å². The fourth-order valence-electron chi connectivity index (χ4n) is 0.904. The highest BCUT2D eigenvalue weighted by Gasteiger charge is 1.88. The third-order valence-electron chi connectivity index (χ3n) is 1.37. The van der Waals surface area contributed by atoms with Crippen molar-refractivity contribution < 1.29 is 9.90 Å². The molecule has 0 saturated heterocycles. The van der Waals surface area contributed by atoms with Crippen LogP contribution in [0.4, 0.5) is 4.79 Å². The first-order valence-corrected chi connectivity index (χ1v) is 3.84. The Bertz CT molecular complexity index is 362. The molecule has 14 heavy (non-hydrogen) atoms. The molecule has 0 aliphatic heterocycles. The van der Waals surface area contributed by atoms with E-state index in [1.807, 2.05) is 24.3 Å².